The van der Waals surface area contributed by atoms with Gasteiger partial charge in [-0.2, -0.15) is 0 Å². The van der Waals surface area contributed by atoms with Crippen molar-refractivity contribution in [3.63, 3.8) is 0 Å². The Kier molecular flexibility index (Phi) is 3.57. The zero-order valence-electron chi connectivity index (χ0n) is 9.61. The first-order valence-electron chi connectivity index (χ1n) is 4.89. The second-order valence-corrected chi connectivity index (χ2v) is 4.21. The largest absolute Gasteiger partial charge is 0.514 e. The summed E-state index contributed by atoms with van der Waals surface area (Å²) in [6.45, 7) is 5.30. The number of carbonyl (C=O) groups is 1. The predicted octanol–water partition coefficient (Wildman–Crippen LogP) is 2.98. The second kappa shape index (κ2) is 4.71. The van der Waals surface area contributed by atoms with Crippen LogP contribution >= 0.6 is 0 Å². The SMILES string of the molecule is C#Cc1ccccc1OC(=O)OC(C)(C)C. The van der Waals surface area contributed by atoms with Crippen LogP contribution in [0, 0.1) is 12.3 Å². The number of hydrogen-bond acceptors (Lipinski definition) is 3. The molecule has 3 nitrogen and oxygen atoms in total. The number of carbonyl (C=O) groups excluding carboxylic acids is 1. The van der Waals surface area contributed by atoms with Gasteiger partial charge in [0.05, 0.1) is 5.56 Å². The van der Waals surface area contributed by atoms with E-state index in [0.717, 1.165) is 0 Å². The van der Waals surface area contributed by atoms with Gasteiger partial charge in [0.2, 0.25) is 0 Å². The minimum absolute atomic E-state index is 0.333. The maximum absolute atomic E-state index is 11.4. The quantitative estimate of drug-likeness (QED) is 0.413. The Labute approximate surface area is 95.4 Å². The fraction of sp³-hybridized carbons (Fsp3) is 0.308. The van der Waals surface area contributed by atoms with Crippen LogP contribution in [0.25, 0.3) is 0 Å². The molecule has 16 heavy (non-hydrogen) atoms. The smallest absolute Gasteiger partial charge is 0.428 e. The summed E-state index contributed by atoms with van der Waals surface area (Å²) in [4.78, 5) is 11.4. The minimum atomic E-state index is -0.754. The van der Waals surface area contributed by atoms with Gasteiger partial charge in [0.1, 0.15) is 11.4 Å². The maximum atomic E-state index is 11.4. The van der Waals surface area contributed by atoms with Crippen molar-refractivity contribution >= 4 is 6.16 Å². The molecule has 1 rings (SSSR count). The van der Waals surface area contributed by atoms with Crippen LogP contribution in [0.15, 0.2) is 24.3 Å². The topological polar surface area (TPSA) is 35.5 Å². The van der Waals surface area contributed by atoms with Crippen molar-refractivity contribution in [1.29, 1.82) is 0 Å². The van der Waals surface area contributed by atoms with Crippen LogP contribution in [-0.2, 0) is 4.74 Å². The Balaban J connectivity index is 2.75. The fourth-order valence-electron chi connectivity index (χ4n) is 1.04. The van der Waals surface area contributed by atoms with Crippen LogP contribution in [0.4, 0.5) is 4.79 Å². The molecule has 0 bridgehead atoms. The lowest BCUT2D eigenvalue weighted by atomic mass is 10.2. The van der Waals surface area contributed by atoms with Crippen molar-refractivity contribution in [1.82, 2.24) is 0 Å². The molecule has 0 saturated carbocycles. The average Bonchev–Trinajstić information content (AvgIpc) is 2.15. The van der Waals surface area contributed by atoms with Crippen molar-refractivity contribution < 1.29 is 14.3 Å². The van der Waals surface area contributed by atoms with Gasteiger partial charge in [-0.15, -0.1) is 6.42 Å². The molecular formula is C13H14O3. The normalized spacial score (nSPS) is 10.4. The standard InChI is InChI=1S/C13H14O3/c1-5-10-8-6-7-9-11(10)15-12(14)16-13(2,3)4/h1,6-9H,2-4H3. The van der Waals surface area contributed by atoms with Crippen LogP contribution in [0.3, 0.4) is 0 Å². The fourth-order valence-corrected chi connectivity index (χ4v) is 1.04. The van der Waals surface area contributed by atoms with Crippen molar-refractivity contribution in [2.45, 2.75) is 26.4 Å². The molecule has 0 saturated heterocycles. The lowest BCUT2D eigenvalue weighted by molar-refractivity contribution is 0.0205. The molecule has 0 aliphatic rings. The van der Waals surface area contributed by atoms with Gasteiger partial charge in [-0.05, 0) is 32.9 Å². The minimum Gasteiger partial charge on any atom is -0.428 e. The molecule has 0 aliphatic heterocycles. The first-order valence-corrected chi connectivity index (χ1v) is 4.89. The van der Waals surface area contributed by atoms with Crippen molar-refractivity contribution in [2.24, 2.45) is 0 Å². The highest BCUT2D eigenvalue weighted by Crippen LogP contribution is 2.18. The average molecular weight is 218 g/mol. The number of terminal acetylenes is 1. The predicted molar refractivity (Wildman–Crippen MR) is 61.2 cm³/mol. The molecule has 0 atom stereocenters. The lowest BCUT2D eigenvalue weighted by Crippen LogP contribution is -2.26. The van der Waals surface area contributed by atoms with Crippen LogP contribution < -0.4 is 4.74 Å². The van der Waals surface area contributed by atoms with Gasteiger partial charge in [0.15, 0.2) is 0 Å². The molecule has 1 aromatic rings. The Morgan fingerprint density at radius 1 is 1.31 bits per heavy atom. The summed E-state index contributed by atoms with van der Waals surface area (Å²) in [5.41, 5.74) is -0.0596. The Morgan fingerprint density at radius 2 is 1.94 bits per heavy atom. The van der Waals surface area contributed by atoms with Gasteiger partial charge in [0.25, 0.3) is 0 Å². The van der Waals surface area contributed by atoms with Crippen LogP contribution in [0.5, 0.6) is 5.75 Å². The summed E-state index contributed by atoms with van der Waals surface area (Å²) in [6.07, 6.45) is 4.52. The molecule has 84 valence electrons. The number of para-hydroxylation sites is 1. The van der Waals surface area contributed by atoms with E-state index in [9.17, 15) is 4.79 Å². The van der Waals surface area contributed by atoms with Gasteiger partial charge in [0, 0.05) is 0 Å². The summed E-state index contributed by atoms with van der Waals surface area (Å²) < 4.78 is 10.0. The van der Waals surface area contributed by atoms with Gasteiger partial charge >= 0.3 is 6.16 Å². The van der Waals surface area contributed by atoms with E-state index in [2.05, 4.69) is 5.92 Å². The molecule has 0 fully saturated rings. The van der Waals surface area contributed by atoms with Gasteiger partial charge in [-0.1, -0.05) is 18.1 Å². The Hall–Kier alpha value is -1.95. The molecule has 0 unspecified atom stereocenters. The monoisotopic (exact) mass is 218 g/mol. The van der Waals surface area contributed by atoms with Gasteiger partial charge in [-0.25, -0.2) is 4.79 Å². The van der Waals surface area contributed by atoms with E-state index in [0.29, 0.717) is 11.3 Å². The van der Waals surface area contributed by atoms with E-state index < -0.39 is 11.8 Å². The molecule has 0 amide bonds. The van der Waals surface area contributed by atoms with Crippen LogP contribution in [0.1, 0.15) is 26.3 Å². The van der Waals surface area contributed by atoms with E-state index in [4.69, 9.17) is 15.9 Å². The Morgan fingerprint density at radius 3 is 2.50 bits per heavy atom. The Bertz CT molecular complexity index is 422. The number of rotatable bonds is 1. The molecule has 0 spiro atoms. The van der Waals surface area contributed by atoms with E-state index in [1.807, 2.05) is 0 Å². The molecule has 0 N–H and O–H groups in total. The second-order valence-electron chi connectivity index (χ2n) is 4.21. The lowest BCUT2D eigenvalue weighted by Gasteiger charge is -2.18. The highest BCUT2D eigenvalue weighted by molar-refractivity contribution is 5.66. The molecule has 0 aliphatic carbocycles. The van der Waals surface area contributed by atoms with Gasteiger partial charge in [-0.3, -0.25) is 0 Å². The first kappa shape index (κ1) is 12.1. The van der Waals surface area contributed by atoms with E-state index in [-0.39, 0.29) is 0 Å². The number of benzene rings is 1. The highest BCUT2D eigenvalue weighted by atomic mass is 16.7. The van der Waals surface area contributed by atoms with E-state index >= 15 is 0 Å². The summed E-state index contributed by atoms with van der Waals surface area (Å²) >= 11 is 0. The third kappa shape index (κ3) is 3.66. The number of ether oxygens (including phenoxy) is 2. The summed E-state index contributed by atoms with van der Waals surface area (Å²) in [7, 11) is 0. The molecular weight excluding hydrogens is 204 g/mol. The van der Waals surface area contributed by atoms with Crippen LogP contribution in [-0.4, -0.2) is 11.8 Å². The zero-order chi connectivity index (χ0) is 12.2. The van der Waals surface area contributed by atoms with Crippen LogP contribution in [0.2, 0.25) is 0 Å². The maximum Gasteiger partial charge on any atom is 0.514 e. The summed E-state index contributed by atoms with van der Waals surface area (Å²) in [6, 6.07) is 6.83. The van der Waals surface area contributed by atoms with Crippen molar-refractivity contribution in [3.05, 3.63) is 29.8 Å². The zero-order valence-corrected chi connectivity index (χ0v) is 9.61. The van der Waals surface area contributed by atoms with E-state index in [1.54, 1.807) is 45.0 Å². The third-order valence-electron chi connectivity index (χ3n) is 1.63. The molecule has 0 heterocycles. The van der Waals surface area contributed by atoms with Crippen molar-refractivity contribution in [2.75, 3.05) is 0 Å². The molecule has 1 aromatic carbocycles. The summed E-state index contributed by atoms with van der Waals surface area (Å²) in [5, 5.41) is 0. The van der Waals surface area contributed by atoms with E-state index in [1.165, 1.54) is 0 Å². The molecule has 3 heteroatoms. The summed E-state index contributed by atoms with van der Waals surface area (Å²) in [5.74, 6) is 2.76. The van der Waals surface area contributed by atoms with Gasteiger partial charge < -0.3 is 9.47 Å². The molecule has 0 aromatic heterocycles. The third-order valence-corrected chi connectivity index (χ3v) is 1.63. The highest BCUT2D eigenvalue weighted by Gasteiger charge is 2.18. The first-order chi connectivity index (χ1) is 7.42. The van der Waals surface area contributed by atoms with Crippen molar-refractivity contribution in [3.8, 4) is 18.1 Å². The molecule has 0 radical (unpaired) electrons. The number of hydrogen-bond donors (Lipinski definition) is 0.